The van der Waals surface area contributed by atoms with Crippen LogP contribution in [0.3, 0.4) is 0 Å². The maximum Gasteiger partial charge on any atom is 0.292 e. The van der Waals surface area contributed by atoms with Gasteiger partial charge < -0.3 is 18.7 Å². The minimum atomic E-state index is -0.428. The molecule has 0 bridgehead atoms. The molecule has 0 spiro atoms. The Morgan fingerprint density at radius 1 is 1.29 bits per heavy atom. The van der Waals surface area contributed by atoms with Crippen molar-refractivity contribution in [1.82, 2.24) is 20.2 Å². The third kappa shape index (κ3) is 2.80. The normalized spacial score (nSPS) is 22.5. The molecule has 8 nitrogen and oxygen atoms in total. The summed E-state index contributed by atoms with van der Waals surface area (Å²) in [4.78, 5) is 18.2. The molecule has 2 aromatic rings. The molecule has 21 heavy (non-hydrogen) atoms. The van der Waals surface area contributed by atoms with Gasteiger partial charge >= 0.3 is 0 Å². The molecule has 2 aromatic heterocycles. The van der Waals surface area contributed by atoms with Crippen LogP contribution in [0.5, 0.6) is 0 Å². The highest BCUT2D eigenvalue weighted by molar-refractivity contribution is 5.91. The number of aromatic nitrogens is 3. The van der Waals surface area contributed by atoms with Gasteiger partial charge in [0.25, 0.3) is 11.8 Å². The van der Waals surface area contributed by atoms with E-state index in [0.29, 0.717) is 30.5 Å². The van der Waals surface area contributed by atoms with Crippen LogP contribution in [-0.4, -0.2) is 45.3 Å². The van der Waals surface area contributed by atoms with E-state index in [9.17, 15) is 4.79 Å². The van der Waals surface area contributed by atoms with Gasteiger partial charge in [-0.05, 0) is 20.8 Å². The van der Waals surface area contributed by atoms with Gasteiger partial charge in [0.1, 0.15) is 0 Å². The van der Waals surface area contributed by atoms with Crippen LogP contribution in [0.25, 0.3) is 0 Å². The summed E-state index contributed by atoms with van der Waals surface area (Å²) in [5.41, 5.74) is 0.670. The lowest BCUT2D eigenvalue weighted by Gasteiger charge is -2.34. The van der Waals surface area contributed by atoms with Crippen molar-refractivity contribution in [1.29, 1.82) is 0 Å². The Morgan fingerprint density at radius 2 is 2.10 bits per heavy atom. The monoisotopic (exact) mass is 292 g/mol. The van der Waals surface area contributed by atoms with Crippen molar-refractivity contribution >= 4 is 5.91 Å². The fourth-order valence-electron chi connectivity index (χ4n) is 2.32. The van der Waals surface area contributed by atoms with Crippen molar-refractivity contribution in [2.75, 3.05) is 13.1 Å². The fraction of sp³-hybridized carbons (Fsp3) is 0.538. The molecule has 112 valence electrons. The number of carbonyl (C=O) groups excluding carboxylic acids is 1. The SMILES string of the molecule is Cc1cc(C(=O)N2C[C@@H](C)O[C@@H](c3nc(C)no3)C2)on1. The average Bonchev–Trinajstić information content (AvgIpc) is 3.06. The van der Waals surface area contributed by atoms with E-state index in [1.165, 1.54) is 0 Å². The van der Waals surface area contributed by atoms with Crippen LogP contribution >= 0.6 is 0 Å². The number of nitrogens with zero attached hydrogens (tertiary/aromatic N) is 4. The van der Waals surface area contributed by atoms with E-state index < -0.39 is 6.10 Å². The van der Waals surface area contributed by atoms with E-state index in [1.807, 2.05) is 6.92 Å². The van der Waals surface area contributed by atoms with Crippen LogP contribution in [0.1, 0.15) is 41.0 Å². The number of rotatable bonds is 2. The minimum absolute atomic E-state index is 0.135. The highest BCUT2D eigenvalue weighted by atomic mass is 16.5. The van der Waals surface area contributed by atoms with E-state index in [2.05, 4.69) is 15.3 Å². The standard InChI is InChI=1S/C13H16N4O4/c1-7-4-10(20-15-7)13(18)17-5-8(2)19-11(6-17)12-14-9(3)16-21-12/h4,8,11H,5-6H2,1-3H3/t8-,11-/m1/s1. The highest BCUT2D eigenvalue weighted by Crippen LogP contribution is 2.25. The molecule has 3 heterocycles. The second-order valence-electron chi connectivity index (χ2n) is 5.16. The van der Waals surface area contributed by atoms with Gasteiger partial charge in [-0.15, -0.1) is 0 Å². The first kappa shape index (κ1) is 13.7. The molecule has 1 saturated heterocycles. The van der Waals surface area contributed by atoms with E-state index in [-0.39, 0.29) is 17.8 Å². The van der Waals surface area contributed by atoms with Crippen molar-refractivity contribution in [3.05, 3.63) is 29.2 Å². The number of hydrogen-bond donors (Lipinski definition) is 0. The van der Waals surface area contributed by atoms with Crippen molar-refractivity contribution in [2.45, 2.75) is 33.0 Å². The third-order valence-corrected chi connectivity index (χ3v) is 3.20. The van der Waals surface area contributed by atoms with Gasteiger partial charge in [0.2, 0.25) is 5.76 Å². The van der Waals surface area contributed by atoms with Crippen LogP contribution in [-0.2, 0) is 4.74 Å². The van der Waals surface area contributed by atoms with Gasteiger partial charge in [-0.1, -0.05) is 10.3 Å². The minimum Gasteiger partial charge on any atom is -0.362 e. The zero-order chi connectivity index (χ0) is 15.0. The smallest absolute Gasteiger partial charge is 0.292 e. The Kier molecular flexibility index (Phi) is 3.46. The summed E-state index contributed by atoms with van der Waals surface area (Å²) in [5, 5.41) is 7.49. The van der Waals surface area contributed by atoms with Crippen LogP contribution in [0.15, 0.2) is 15.1 Å². The second-order valence-corrected chi connectivity index (χ2v) is 5.16. The number of hydrogen-bond acceptors (Lipinski definition) is 7. The molecule has 1 fully saturated rings. The lowest BCUT2D eigenvalue weighted by molar-refractivity contribution is -0.0816. The van der Waals surface area contributed by atoms with Gasteiger partial charge in [0.05, 0.1) is 18.3 Å². The molecule has 0 aromatic carbocycles. The van der Waals surface area contributed by atoms with Gasteiger partial charge in [-0.2, -0.15) is 4.98 Å². The van der Waals surface area contributed by atoms with Gasteiger partial charge in [0.15, 0.2) is 11.9 Å². The van der Waals surface area contributed by atoms with Crippen LogP contribution in [0, 0.1) is 13.8 Å². The van der Waals surface area contributed by atoms with Crippen LogP contribution in [0.2, 0.25) is 0 Å². The summed E-state index contributed by atoms with van der Waals surface area (Å²) in [7, 11) is 0. The maximum absolute atomic E-state index is 12.4. The first-order chi connectivity index (χ1) is 10.0. The predicted octanol–water partition coefficient (Wildman–Crippen LogP) is 1.28. The van der Waals surface area contributed by atoms with Crippen molar-refractivity contribution in [2.24, 2.45) is 0 Å². The lowest BCUT2D eigenvalue weighted by Crippen LogP contribution is -2.46. The molecule has 0 aliphatic carbocycles. The third-order valence-electron chi connectivity index (χ3n) is 3.20. The predicted molar refractivity (Wildman–Crippen MR) is 69.5 cm³/mol. The molecule has 0 saturated carbocycles. The van der Waals surface area contributed by atoms with Crippen molar-refractivity contribution in [3.63, 3.8) is 0 Å². The largest absolute Gasteiger partial charge is 0.362 e. The molecule has 0 radical (unpaired) electrons. The zero-order valence-electron chi connectivity index (χ0n) is 12.1. The van der Waals surface area contributed by atoms with E-state index >= 15 is 0 Å². The summed E-state index contributed by atoms with van der Waals surface area (Å²) < 4.78 is 15.9. The quantitative estimate of drug-likeness (QED) is 0.822. The van der Waals surface area contributed by atoms with Gasteiger partial charge in [0, 0.05) is 12.6 Å². The van der Waals surface area contributed by atoms with E-state index in [1.54, 1.807) is 24.8 Å². The summed E-state index contributed by atoms with van der Waals surface area (Å²) in [6.07, 6.45) is -0.563. The molecule has 1 amide bonds. The number of carbonyl (C=O) groups is 1. The molecule has 8 heteroatoms. The fourth-order valence-corrected chi connectivity index (χ4v) is 2.32. The Morgan fingerprint density at radius 3 is 2.71 bits per heavy atom. The summed E-state index contributed by atoms with van der Waals surface area (Å²) in [6.45, 7) is 6.21. The zero-order valence-corrected chi connectivity index (χ0v) is 12.1. The molecular weight excluding hydrogens is 276 g/mol. The molecule has 0 N–H and O–H groups in total. The Bertz CT molecular complexity index is 650. The second kappa shape index (κ2) is 5.28. The Labute approximate surface area is 121 Å². The van der Waals surface area contributed by atoms with E-state index in [0.717, 1.165) is 0 Å². The molecule has 0 unspecified atom stereocenters. The molecule has 3 rings (SSSR count). The Balaban J connectivity index is 1.78. The first-order valence-corrected chi connectivity index (χ1v) is 6.71. The topological polar surface area (TPSA) is 94.5 Å². The van der Waals surface area contributed by atoms with Crippen LogP contribution < -0.4 is 0 Å². The highest BCUT2D eigenvalue weighted by Gasteiger charge is 2.34. The molecular formula is C13H16N4O4. The molecule has 1 aliphatic heterocycles. The van der Waals surface area contributed by atoms with Crippen LogP contribution in [0.4, 0.5) is 0 Å². The van der Waals surface area contributed by atoms with Gasteiger partial charge in [-0.3, -0.25) is 4.79 Å². The number of amides is 1. The van der Waals surface area contributed by atoms with E-state index in [4.69, 9.17) is 13.8 Å². The number of morpholine rings is 1. The first-order valence-electron chi connectivity index (χ1n) is 6.71. The lowest BCUT2D eigenvalue weighted by atomic mass is 10.2. The summed E-state index contributed by atoms with van der Waals surface area (Å²) in [5.74, 6) is 0.926. The van der Waals surface area contributed by atoms with Crippen molar-refractivity contribution in [3.8, 4) is 0 Å². The Hall–Kier alpha value is -2.22. The molecule has 2 atom stereocenters. The summed E-state index contributed by atoms with van der Waals surface area (Å²) >= 11 is 0. The average molecular weight is 292 g/mol. The van der Waals surface area contributed by atoms with Gasteiger partial charge in [-0.25, -0.2) is 0 Å². The number of aryl methyl sites for hydroxylation is 2. The molecule has 1 aliphatic rings. The maximum atomic E-state index is 12.4. The number of ether oxygens (including phenoxy) is 1. The summed E-state index contributed by atoms with van der Waals surface area (Å²) in [6, 6.07) is 1.62. The van der Waals surface area contributed by atoms with Crippen molar-refractivity contribution < 1.29 is 18.6 Å².